The van der Waals surface area contributed by atoms with Gasteiger partial charge in [-0.2, -0.15) is 4.98 Å². The minimum atomic E-state index is 0.310. The molecule has 2 aromatic rings. The van der Waals surface area contributed by atoms with Crippen molar-refractivity contribution in [2.45, 2.75) is 51.5 Å². The average molecular weight is 355 g/mol. The van der Waals surface area contributed by atoms with Crippen molar-refractivity contribution in [2.75, 3.05) is 24.5 Å². The summed E-state index contributed by atoms with van der Waals surface area (Å²) >= 11 is 0. The molecule has 0 aromatic carbocycles. The van der Waals surface area contributed by atoms with Crippen molar-refractivity contribution in [2.24, 2.45) is 0 Å². The third kappa shape index (κ3) is 3.57. The number of hydrogen-bond donors (Lipinski definition) is 0. The van der Waals surface area contributed by atoms with Gasteiger partial charge >= 0.3 is 0 Å². The first-order valence-electron chi connectivity index (χ1n) is 9.52. The molecule has 4 rings (SSSR count). The molecular weight excluding hydrogens is 330 g/mol. The van der Waals surface area contributed by atoms with E-state index in [1.165, 1.54) is 12.8 Å². The van der Waals surface area contributed by atoms with E-state index in [2.05, 4.69) is 20.0 Å². The number of anilines is 1. The van der Waals surface area contributed by atoms with Gasteiger partial charge in [0, 0.05) is 38.3 Å². The highest BCUT2D eigenvalue weighted by atomic mass is 16.5. The molecule has 4 heterocycles. The number of carbonyl (C=O) groups excluding carboxylic acids is 1. The maximum Gasteiger partial charge on any atom is 0.259 e. The number of likely N-dealkylation sites (tertiary alicyclic amines) is 1. The maximum absolute atomic E-state index is 11.9. The second-order valence-corrected chi connectivity index (χ2v) is 7.17. The van der Waals surface area contributed by atoms with Crippen molar-refractivity contribution < 1.29 is 9.32 Å². The molecule has 1 atom stereocenters. The lowest BCUT2D eigenvalue weighted by molar-refractivity contribution is -0.127. The van der Waals surface area contributed by atoms with Crippen LogP contribution in [0.5, 0.6) is 0 Å². The summed E-state index contributed by atoms with van der Waals surface area (Å²) in [5, 5.41) is 3.83. The number of aryl methyl sites for hydroxylation is 1. The van der Waals surface area contributed by atoms with Gasteiger partial charge in [-0.15, -0.1) is 0 Å². The Kier molecular flexibility index (Phi) is 4.86. The molecule has 1 amide bonds. The SMILES string of the molecule is Cc1noc(-c2ccc(N3CCCC[C@@H]3CCN3CCCC3=O)nc2)n1. The molecule has 2 fully saturated rings. The van der Waals surface area contributed by atoms with E-state index in [1.807, 2.05) is 17.0 Å². The summed E-state index contributed by atoms with van der Waals surface area (Å²) in [6.45, 7) is 4.60. The van der Waals surface area contributed by atoms with Gasteiger partial charge in [-0.25, -0.2) is 4.98 Å². The number of nitrogens with zero attached hydrogens (tertiary/aromatic N) is 5. The third-order valence-electron chi connectivity index (χ3n) is 5.35. The molecule has 7 nitrogen and oxygen atoms in total. The van der Waals surface area contributed by atoms with E-state index in [4.69, 9.17) is 4.52 Å². The van der Waals surface area contributed by atoms with E-state index in [9.17, 15) is 4.79 Å². The Labute approximate surface area is 153 Å². The lowest BCUT2D eigenvalue weighted by Gasteiger charge is -2.37. The summed E-state index contributed by atoms with van der Waals surface area (Å²) in [6.07, 6.45) is 8.13. The van der Waals surface area contributed by atoms with Crippen LogP contribution in [0.1, 0.15) is 44.3 Å². The molecule has 138 valence electrons. The van der Waals surface area contributed by atoms with Crippen LogP contribution in [0.15, 0.2) is 22.9 Å². The Morgan fingerprint density at radius 1 is 1.23 bits per heavy atom. The topological polar surface area (TPSA) is 75.4 Å². The van der Waals surface area contributed by atoms with Gasteiger partial charge in [0.2, 0.25) is 5.91 Å². The molecule has 0 radical (unpaired) electrons. The first-order valence-corrected chi connectivity index (χ1v) is 9.52. The molecule has 0 aliphatic carbocycles. The summed E-state index contributed by atoms with van der Waals surface area (Å²) in [7, 11) is 0. The van der Waals surface area contributed by atoms with Crippen LogP contribution in [0.3, 0.4) is 0 Å². The molecule has 7 heteroatoms. The Morgan fingerprint density at radius 3 is 2.85 bits per heavy atom. The second kappa shape index (κ2) is 7.43. The van der Waals surface area contributed by atoms with Crippen molar-refractivity contribution in [3.05, 3.63) is 24.2 Å². The van der Waals surface area contributed by atoms with E-state index < -0.39 is 0 Å². The molecule has 0 N–H and O–H groups in total. The van der Waals surface area contributed by atoms with Gasteiger partial charge in [0.25, 0.3) is 5.89 Å². The van der Waals surface area contributed by atoms with Crippen molar-refractivity contribution >= 4 is 11.7 Å². The zero-order valence-electron chi connectivity index (χ0n) is 15.2. The fraction of sp³-hybridized carbons (Fsp3) is 0.579. The molecule has 26 heavy (non-hydrogen) atoms. The minimum absolute atomic E-state index is 0.310. The predicted octanol–water partition coefficient (Wildman–Crippen LogP) is 2.81. The van der Waals surface area contributed by atoms with Gasteiger partial charge in [0.15, 0.2) is 5.82 Å². The van der Waals surface area contributed by atoms with Gasteiger partial charge in [-0.1, -0.05) is 5.16 Å². The summed E-state index contributed by atoms with van der Waals surface area (Å²) in [4.78, 5) is 25.2. The molecule has 2 aliphatic heterocycles. The Morgan fingerprint density at radius 2 is 2.15 bits per heavy atom. The van der Waals surface area contributed by atoms with Crippen LogP contribution in [-0.4, -0.2) is 51.6 Å². The highest BCUT2D eigenvalue weighted by Gasteiger charge is 2.26. The third-order valence-corrected chi connectivity index (χ3v) is 5.35. The van der Waals surface area contributed by atoms with Crippen molar-refractivity contribution in [1.29, 1.82) is 0 Å². The number of carbonyl (C=O) groups is 1. The van der Waals surface area contributed by atoms with Crippen LogP contribution in [0, 0.1) is 6.92 Å². The number of amides is 1. The average Bonchev–Trinajstić information content (AvgIpc) is 3.29. The lowest BCUT2D eigenvalue weighted by atomic mass is 9.99. The normalized spacial score (nSPS) is 20.8. The standard InChI is InChI=1S/C19H25N5O2/c1-14-21-19(26-22-14)15-7-8-17(20-13-15)24-11-3-2-5-16(24)9-12-23-10-4-6-18(23)25/h7-8,13,16H,2-6,9-12H2,1H3/t16-/m1/s1. The van der Waals surface area contributed by atoms with E-state index >= 15 is 0 Å². The van der Waals surface area contributed by atoms with Crippen LogP contribution in [0.2, 0.25) is 0 Å². The van der Waals surface area contributed by atoms with E-state index in [-0.39, 0.29) is 0 Å². The second-order valence-electron chi connectivity index (χ2n) is 7.17. The molecule has 0 spiro atoms. The quantitative estimate of drug-likeness (QED) is 0.821. The molecule has 2 saturated heterocycles. The van der Waals surface area contributed by atoms with Crippen LogP contribution in [0.25, 0.3) is 11.5 Å². The predicted molar refractivity (Wildman–Crippen MR) is 97.7 cm³/mol. The van der Waals surface area contributed by atoms with Crippen molar-refractivity contribution in [3.63, 3.8) is 0 Å². The van der Waals surface area contributed by atoms with Crippen LogP contribution in [0.4, 0.5) is 5.82 Å². The van der Waals surface area contributed by atoms with Gasteiger partial charge in [-0.05, 0) is 51.2 Å². The van der Waals surface area contributed by atoms with E-state index in [0.29, 0.717) is 30.1 Å². The summed E-state index contributed by atoms with van der Waals surface area (Å²) < 4.78 is 5.21. The van der Waals surface area contributed by atoms with Gasteiger partial charge < -0.3 is 14.3 Å². The monoisotopic (exact) mass is 355 g/mol. The molecule has 0 bridgehead atoms. The summed E-state index contributed by atoms with van der Waals surface area (Å²) in [5.74, 6) is 2.42. The maximum atomic E-state index is 11.9. The Bertz CT molecular complexity index is 758. The van der Waals surface area contributed by atoms with Crippen LogP contribution >= 0.6 is 0 Å². The molecule has 2 aliphatic rings. The first-order chi connectivity index (χ1) is 12.7. The Balaban J connectivity index is 1.44. The first kappa shape index (κ1) is 17.0. The van der Waals surface area contributed by atoms with Crippen LogP contribution < -0.4 is 4.90 Å². The minimum Gasteiger partial charge on any atom is -0.354 e. The van der Waals surface area contributed by atoms with Gasteiger partial charge in [0.05, 0.1) is 5.56 Å². The fourth-order valence-electron chi connectivity index (χ4n) is 3.94. The number of pyridine rings is 1. The van der Waals surface area contributed by atoms with Crippen molar-refractivity contribution in [1.82, 2.24) is 20.0 Å². The molecule has 0 unspecified atom stereocenters. The fourth-order valence-corrected chi connectivity index (χ4v) is 3.94. The molecule has 0 saturated carbocycles. The number of rotatable bonds is 5. The Hall–Kier alpha value is -2.44. The lowest BCUT2D eigenvalue weighted by Crippen LogP contribution is -2.42. The summed E-state index contributed by atoms with van der Waals surface area (Å²) in [6, 6.07) is 4.47. The van der Waals surface area contributed by atoms with Crippen molar-refractivity contribution in [3.8, 4) is 11.5 Å². The molecular formula is C19H25N5O2. The highest BCUT2D eigenvalue weighted by Crippen LogP contribution is 2.27. The molecule has 2 aromatic heterocycles. The highest BCUT2D eigenvalue weighted by molar-refractivity contribution is 5.78. The zero-order chi connectivity index (χ0) is 17.9. The smallest absolute Gasteiger partial charge is 0.259 e. The summed E-state index contributed by atoms with van der Waals surface area (Å²) in [5.41, 5.74) is 0.838. The zero-order valence-corrected chi connectivity index (χ0v) is 15.2. The number of hydrogen-bond acceptors (Lipinski definition) is 6. The van der Waals surface area contributed by atoms with Gasteiger partial charge in [0.1, 0.15) is 5.82 Å². The van der Waals surface area contributed by atoms with E-state index in [0.717, 1.165) is 50.3 Å². The largest absolute Gasteiger partial charge is 0.354 e. The van der Waals surface area contributed by atoms with Crippen LogP contribution in [-0.2, 0) is 4.79 Å². The number of piperidine rings is 1. The van der Waals surface area contributed by atoms with E-state index in [1.54, 1.807) is 13.1 Å². The number of aromatic nitrogens is 3. The van der Waals surface area contributed by atoms with Gasteiger partial charge in [-0.3, -0.25) is 4.79 Å².